The number of hydrogen-bond acceptors (Lipinski definition) is 5. The maximum Gasteiger partial charge on any atom is 0.277 e. The first-order chi connectivity index (χ1) is 14.0. The maximum atomic E-state index is 13.2. The fourth-order valence-electron chi connectivity index (χ4n) is 3.74. The van der Waals surface area contributed by atoms with Crippen LogP contribution in [0.1, 0.15) is 52.0 Å². The molecule has 6 nitrogen and oxygen atoms in total. The Balaban J connectivity index is 1.82. The number of nitrogens with zero attached hydrogens (tertiary/aromatic N) is 2. The van der Waals surface area contributed by atoms with Crippen molar-refractivity contribution in [3.05, 3.63) is 35.5 Å². The number of benzene rings is 1. The van der Waals surface area contributed by atoms with Crippen LogP contribution >= 0.6 is 0 Å². The molecule has 1 aromatic carbocycles. The van der Waals surface area contributed by atoms with Gasteiger partial charge >= 0.3 is 0 Å². The summed E-state index contributed by atoms with van der Waals surface area (Å²) in [4.78, 5) is 29.8. The van der Waals surface area contributed by atoms with Gasteiger partial charge in [-0.3, -0.25) is 14.5 Å². The van der Waals surface area contributed by atoms with Gasteiger partial charge in [0.2, 0.25) is 0 Å². The van der Waals surface area contributed by atoms with Crippen LogP contribution in [0.25, 0.3) is 5.57 Å². The molecule has 0 aliphatic carbocycles. The van der Waals surface area contributed by atoms with E-state index in [1.165, 1.54) is 4.90 Å². The third-order valence-electron chi connectivity index (χ3n) is 5.16. The molecule has 0 N–H and O–H groups in total. The Bertz CT molecular complexity index is 749. The molecule has 0 aromatic heterocycles. The first kappa shape index (κ1) is 21.4. The molecule has 2 aliphatic heterocycles. The van der Waals surface area contributed by atoms with Gasteiger partial charge in [0.05, 0.1) is 18.3 Å². The molecule has 2 aliphatic rings. The van der Waals surface area contributed by atoms with Crippen molar-refractivity contribution in [1.29, 1.82) is 0 Å². The average Bonchev–Trinajstić information content (AvgIpc) is 3.31. The lowest BCUT2D eigenvalue weighted by Crippen LogP contribution is -2.35. The van der Waals surface area contributed by atoms with Gasteiger partial charge in [-0.1, -0.05) is 19.1 Å². The number of rotatable bonds is 10. The normalized spacial score (nSPS) is 17.2. The second-order valence-corrected chi connectivity index (χ2v) is 7.83. The number of amides is 2. The van der Waals surface area contributed by atoms with Crippen LogP contribution in [0.15, 0.2) is 30.0 Å². The van der Waals surface area contributed by atoms with Gasteiger partial charge in [-0.25, -0.2) is 0 Å². The minimum atomic E-state index is -0.205. The Hall–Kier alpha value is -2.34. The number of ether oxygens (including phenoxy) is 2. The Morgan fingerprint density at radius 2 is 1.69 bits per heavy atom. The minimum Gasteiger partial charge on any atom is -0.494 e. The van der Waals surface area contributed by atoms with Gasteiger partial charge in [0.15, 0.2) is 0 Å². The van der Waals surface area contributed by atoms with E-state index in [4.69, 9.17) is 9.47 Å². The third-order valence-corrected chi connectivity index (χ3v) is 5.16. The molecule has 2 heterocycles. The first-order valence-electron chi connectivity index (χ1n) is 10.7. The van der Waals surface area contributed by atoms with Crippen molar-refractivity contribution in [2.24, 2.45) is 0 Å². The van der Waals surface area contributed by atoms with Gasteiger partial charge in [-0.15, -0.1) is 0 Å². The summed E-state index contributed by atoms with van der Waals surface area (Å²) in [5.41, 5.74) is 1.85. The summed E-state index contributed by atoms with van der Waals surface area (Å²) in [5, 5.41) is 0. The molecular weight excluding hydrogens is 368 g/mol. The lowest BCUT2D eigenvalue weighted by atomic mass is 10.0. The molecule has 0 spiro atoms. The van der Waals surface area contributed by atoms with Gasteiger partial charge in [0.25, 0.3) is 11.8 Å². The molecule has 0 saturated carbocycles. The zero-order chi connectivity index (χ0) is 20.8. The summed E-state index contributed by atoms with van der Waals surface area (Å²) >= 11 is 0. The SMILES string of the molecule is CCCOc1ccc(C2=C(N3CCCC3)C(=O)N(CCCOC(C)C)C2=O)cc1. The molecule has 6 heteroatoms. The molecule has 2 amide bonds. The highest BCUT2D eigenvalue weighted by Gasteiger charge is 2.41. The molecule has 1 saturated heterocycles. The van der Waals surface area contributed by atoms with E-state index in [1.807, 2.05) is 38.1 Å². The number of hydrogen-bond donors (Lipinski definition) is 0. The largest absolute Gasteiger partial charge is 0.494 e. The van der Waals surface area contributed by atoms with Crippen LogP contribution in [-0.2, 0) is 14.3 Å². The molecule has 0 atom stereocenters. The predicted molar refractivity (Wildman–Crippen MR) is 112 cm³/mol. The molecule has 158 valence electrons. The minimum absolute atomic E-state index is 0.141. The molecule has 1 fully saturated rings. The van der Waals surface area contributed by atoms with Crippen LogP contribution in [0.2, 0.25) is 0 Å². The lowest BCUT2D eigenvalue weighted by molar-refractivity contribution is -0.137. The molecule has 0 radical (unpaired) electrons. The molecular formula is C23H32N2O4. The second-order valence-electron chi connectivity index (χ2n) is 7.83. The number of likely N-dealkylation sites (tertiary alicyclic amines) is 1. The van der Waals surface area contributed by atoms with Crippen molar-refractivity contribution in [3.63, 3.8) is 0 Å². The predicted octanol–water partition coefficient (Wildman–Crippen LogP) is 3.47. The number of carbonyl (C=O) groups is 2. The van der Waals surface area contributed by atoms with Crippen molar-refractivity contribution < 1.29 is 19.1 Å². The van der Waals surface area contributed by atoms with Crippen molar-refractivity contribution >= 4 is 17.4 Å². The van der Waals surface area contributed by atoms with Gasteiger partial charge in [-0.2, -0.15) is 0 Å². The monoisotopic (exact) mass is 400 g/mol. The highest BCUT2D eigenvalue weighted by molar-refractivity contribution is 6.35. The van der Waals surface area contributed by atoms with E-state index >= 15 is 0 Å². The van der Waals surface area contributed by atoms with Gasteiger partial charge in [0, 0.05) is 26.2 Å². The van der Waals surface area contributed by atoms with Crippen molar-refractivity contribution in [1.82, 2.24) is 9.80 Å². The van der Waals surface area contributed by atoms with Crippen LogP contribution < -0.4 is 4.74 Å². The van der Waals surface area contributed by atoms with Crippen LogP contribution in [-0.4, -0.2) is 60.6 Å². The Kier molecular flexibility index (Phi) is 7.31. The fraction of sp³-hybridized carbons (Fsp3) is 0.565. The van der Waals surface area contributed by atoms with Gasteiger partial charge < -0.3 is 14.4 Å². The smallest absolute Gasteiger partial charge is 0.277 e. The quantitative estimate of drug-likeness (QED) is 0.445. The highest BCUT2D eigenvalue weighted by Crippen LogP contribution is 2.34. The van der Waals surface area contributed by atoms with E-state index in [0.717, 1.165) is 43.7 Å². The van der Waals surface area contributed by atoms with E-state index < -0.39 is 0 Å². The standard InChI is InChI=1S/C23H32N2O4/c1-4-15-29-19-10-8-18(9-11-19)20-21(24-12-5-6-13-24)23(27)25(22(20)26)14-7-16-28-17(2)3/h8-11,17H,4-7,12-16H2,1-3H3. The molecule has 1 aromatic rings. The number of imide groups is 1. The van der Waals surface area contributed by atoms with Gasteiger partial charge in [0.1, 0.15) is 11.4 Å². The highest BCUT2D eigenvalue weighted by atomic mass is 16.5. The third kappa shape index (κ3) is 4.99. The molecule has 29 heavy (non-hydrogen) atoms. The van der Waals surface area contributed by atoms with Crippen LogP contribution in [0.5, 0.6) is 5.75 Å². The van der Waals surface area contributed by atoms with E-state index in [0.29, 0.717) is 37.4 Å². The summed E-state index contributed by atoms with van der Waals surface area (Å²) in [6, 6.07) is 7.51. The van der Waals surface area contributed by atoms with Crippen LogP contribution in [0.3, 0.4) is 0 Å². The van der Waals surface area contributed by atoms with Crippen molar-refractivity contribution in [2.45, 2.75) is 52.6 Å². The Morgan fingerprint density at radius 3 is 2.31 bits per heavy atom. The Labute approximate surface area is 173 Å². The molecule has 0 bridgehead atoms. The van der Waals surface area contributed by atoms with Crippen LogP contribution in [0, 0.1) is 0 Å². The summed E-state index contributed by atoms with van der Waals surface area (Å²) in [7, 11) is 0. The zero-order valence-electron chi connectivity index (χ0n) is 17.8. The first-order valence-corrected chi connectivity index (χ1v) is 10.7. The van der Waals surface area contributed by atoms with Crippen molar-refractivity contribution in [3.8, 4) is 5.75 Å². The van der Waals surface area contributed by atoms with E-state index in [-0.39, 0.29) is 17.9 Å². The summed E-state index contributed by atoms with van der Waals surface area (Å²) in [6.07, 6.45) is 3.81. The van der Waals surface area contributed by atoms with Crippen molar-refractivity contribution in [2.75, 3.05) is 32.8 Å². The molecule has 3 rings (SSSR count). The Morgan fingerprint density at radius 1 is 1.00 bits per heavy atom. The van der Waals surface area contributed by atoms with E-state index in [1.54, 1.807) is 0 Å². The summed E-state index contributed by atoms with van der Waals surface area (Å²) in [6.45, 7) is 9.22. The van der Waals surface area contributed by atoms with Crippen LogP contribution in [0.4, 0.5) is 0 Å². The summed E-state index contributed by atoms with van der Waals surface area (Å²) in [5.74, 6) is 0.393. The maximum absolute atomic E-state index is 13.2. The number of carbonyl (C=O) groups excluding carboxylic acids is 2. The lowest BCUT2D eigenvalue weighted by Gasteiger charge is -2.20. The average molecular weight is 401 g/mol. The fourth-order valence-corrected chi connectivity index (χ4v) is 3.74. The summed E-state index contributed by atoms with van der Waals surface area (Å²) < 4.78 is 11.2. The van der Waals surface area contributed by atoms with E-state index in [9.17, 15) is 9.59 Å². The van der Waals surface area contributed by atoms with Gasteiger partial charge in [-0.05, 0) is 57.2 Å². The zero-order valence-corrected chi connectivity index (χ0v) is 17.8. The second kappa shape index (κ2) is 9.92. The molecule has 0 unspecified atom stereocenters. The topological polar surface area (TPSA) is 59.1 Å². The van der Waals surface area contributed by atoms with E-state index in [2.05, 4.69) is 11.8 Å².